The number of nitrogens with zero attached hydrogens (tertiary/aromatic N) is 1. The van der Waals surface area contributed by atoms with Crippen molar-refractivity contribution in [3.05, 3.63) is 40.9 Å². The zero-order valence-corrected chi connectivity index (χ0v) is 23.4. The molecule has 2 heterocycles. The third-order valence-electron chi connectivity index (χ3n) is 6.71. The molecule has 4 rings (SSSR count). The van der Waals surface area contributed by atoms with Crippen molar-refractivity contribution in [2.75, 3.05) is 31.5 Å². The summed E-state index contributed by atoms with van der Waals surface area (Å²) >= 11 is 6.44. The minimum Gasteiger partial charge on any atom is -0.495 e. The van der Waals surface area contributed by atoms with Crippen LogP contribution in [0.1, 0.15) is 24.8 Å². The van der Waals surface area contributed by atoms with Crippen molar-refractivity contribution in [2.24, 2.45) is 5.92 Å². The fraction of sp³-hybridized carbons (Fsp3) is 0.500. The molecule has 1 aromatic carbocycles. The Morgan fingerprint density at radius 1 is 1.19 bits per heavy atom. The van der Waals surface area contributed by atoms with E-state index < -0.39 is 13.9 Å². The second-order valence-corrected chi connectivity index (χ2v) is 16.5. The number of pyridine rings is 1. The molecule has 0 bridgehead atoms. The first-order valence-corrected chi connectivity index (χ1v) is 16.5. The standard InChI is InChI=1S/C26H36ClFN4O3Si/c1-33-19-13-20(34-2)22(28)24(21(19)27)30-14-17-15-31-25-18(9-10-29-25)23(17)32-26(16-7-6-8-16)35-11-12-36(3,4)5/h9-10,13,15-16,26,30H,6-8,11-12,14H2,1-5H3,(H2,29,31,32). The molecule has 0 amide bonds. The lowest BCUT2D eigenvalue weighted by molar-refractivity contribution is 0.0113. The molecule has 10 heteroatoms. The Morgan fingerprint density at radius 3 is 2.58 bits per heavy atom. The van der Waals surface area contributed by atoms with Gasteiger partial charge in [-0.3, -0.25) is 0 Å². The molecule has 196 valence electrons. The van der Waals surface area contributed by atoms with E-state index in [0.717, 1.165) is 47.8 Å². The zero-order chi connectivity index (χ0) is 25.9. The number of nitrogens with one attached hydrogen (secondary N) is 3. The second-order valence-electron chi connectivity index (χ2n) is 10.5. The molecule has 3 aromatic rings. The van der Waals surface area contributed by atoms with Crippen LogP contribution in [0.15, 0.2) is 24.5 Å². The average Bonchev–Trinajstić information content (AvgIpc) is 3.27. The van der Waals surface area contributed by atoms with E-state index in [2.05, 4.69) is 40.2 Å². The number of halogens is 2. The van der Waals surface area contributed by atoms with Gasteiger partial charge in [0.1, 0.15) is 22.6 Å². The van der Waals surface area contributed by atoms with Gasteiger partial charge in [-0.15, -0.1) is 0 Å². The Labute approximate surface area is 218 Å². The highest BCUT2D eigenvalue weighted by Gasteiger charge is 2.30. The molecule has 0 radical (unpaired) electrons. The van der Waals surface area contributed by atoms with Gasteiger partial charge in [-0.05, 0) is 25.0 Å². The lowest BCUT2D eigenvalue weighted by Crippen LogP contribution is -2.37. The number of aromatic amines is 1. The van der Waals surface area contributed by atoms with Gasteiger partial charge in [0.05, 0.1) is 25.6 Å². The highest BCUT2D eigenvalue weighted by molar-refractivity contribution is 6.76. The van der Waals surface area contributed by atoms with Gasteiger partial charge in [0.2, 0.25) is 0 Å². The van der Waals surface area contributed by atoms with Gasteiger partial charge < -0.3 is 29.8 Å². The Morgan fingerprint density at radius 2 is 1.94 bits per heavy atom. The largest absolute Gasteiger partial charge is 0.495 e. The van der Waals surface area contributed by atoms with Crippen LogP contribution in [0.4, 0.5) is 15.8 Å². The summed E-state index contributed by atoms with van der Waals surface area (Å²) in [4.78, 5) is 7.74. The van der Waals surface area contributed by atoms with Crippen molar-refractivity contribution in [2.45, 2.75) is 57.7 Å². The maximum atomic E-state index is 15.1. The van der Waals surface area contributed by atoms with E-state index in [1.54, 1.807) is 6.20 Å². The van der Waals surface area contributed by atoms with Crippen LogP contribution in [0.5, 0.6) is 11.5 Å². The molecule has 0 saturated heterocycles. The van der Waals surface area contributed by atoms with Crippen LogP contribution in [-0.2, 0) is 11.3 Å². The van der Waals surface area contributed by atoms with E-state index >= 15 is 4.39 Å². The van der Waals surface area contributed by atoms with Crippen LogP contribution in [0.2, 0.25) is 30.7 Å². The molecule has 1 aliphatic rings. The van der Waals surface area contributed by atoms with Gasteiger partial charge in [0.25, 0.3) is 0 Å². The van der Waals surface area contributed by atoms with Gasteiger partial charge in [-0.25, -0.2) is 9.37 Å². The van der Waals surface area contributed by atoms with E-state index in [4.69, 9.17) is 25.8 Å². The summed E-state index contributed by atoms with van der Waals surface area (Å²) in [5, 5.41) is 7.95. The molecular formula is C26H36ClFN4O3Si. The maximum Gasteiger partial charge on any atom is 0.189 e. The van der Waals surface area contributed by atoms with Crippen LogP contribution in [-0.4, -0.2) is 45.1 Å². The monoisotopic (exact) mass is 534 g/mol. The van der Waals surface area contributed by atoms with Crippen molar-refractivity contribution in [1.82, 2.24) is 9.97 Å². The molecule has 0 aliphatic heterocycles. The lowest BCUT2D eigenvalue weighted by Gasteiger charge is -2.35. The molecule has 36 heavy (non-hydrogen) atoms. The number of hydrogen-bond donors (Lipinski definition) is 3. The van der Waals surface area contributed by atoms with E-state index in [9.17, 15) is 0 Å². The Hall–Kier alpha value is -2.49. The number of H-pyrrole nitrogens is 1. The lowest BCUT2D eigenvalue weighted by atomic mass is 9.83. The molecule has 1 aliphatic carbocycles. The van der Waals surface area contributed by atoms with E-state index in [0.29, 0.717) is 11.7 Å². The van der Waals surface area contributed by atoms with Crippen molar-refractivity contribution in [1.29, 1.82) is 0 Å². The third-order valence-corrected chi connectivity index (χ3v) is 8.79. The molecule has 3 N–H and O–H groups in total. The van der Waals surface area contributed by atoms with Crippen LogP contribution < -0.4 is 20.1 Å². The van der Waals surface area contributed by atoms with E-state index in [1.807, 2.05) is 12.3 Å². The number of fused-ring (bicyclic) bond motifs is 1. The minimum absolute atomic E-state index is 0.0529. The Bertz CT molecular complexity index is 1170. The Kier molecular flexibility index (Phi) is 8.32. The average molecular weight is 535 g/mol. The molecule has 1 atom stereocenters. The molecule has 1 fully saturated rings. The van der Waals surface area contributed by atoms with E-state index in [-0.39, 0.29) is 29.2 Å². The summed E-state index contributed by atoms with van der Waals surface area (Å²) in [5.41, 5.74) is 2.69. The summed E-state index contributed by atoms with van der Waals surface area (Å²) in [6.45, 7) is 8.10. The topological polar surface area (TPSA) is 80.4 Å². The summed E-state index contributed by atoms with van der Waals surface area (Å²) in [6, 6.07) is 4.54. The smallest absolute Gasteiger partial charge is 0.189 e. The quantitative estimate of drug-likeness (QED) is 0.174. The zero-order valence-electron chi connectivity index (χ0n) is 21.6. The van der Waals surface area contributed by atoms with Crippen LogP contribution in [0, 0.1) is 11.7 Å². The number of benzene rings is 1. The highest BCUT2D eigenvalue weighted by atomic mass is 35.5. The SMILES string of the molecule is COc1cc(OC)c(Cl)c(NCc2cnc3[nH]ccc3c2NC(OCC[Si](C)(C)C)C2CCC2)c1F. The first-order chi connectivity index (χ1) is 17.2. The fourth-order valence-corrected chi connectivity index (χ4v) is 5.26. The fourth-order valence-electron chi connectivity index (χ4n) is 4.25. The Balaban J connectivity index is 1.61. The minimum atomic E-state index is -1.21. The van der Waals surface area contributed by atoms with Gasteiger partial charge in [-0.2, -0.15) is 0 Å². The number of anilines is 2. The van der Waals surface area contributed by atoms with Crippen molar-refractivity contribution < 1.29 is 18.6 Å². The van der Waals surface area contributed by atoms with Crippen LogP contribution >= 0.6 is 11.6 Å². The van der Waals surface area contributed by atoms with Crippen LogP contribution in [0.3, 0.4) is 0 Å². The summed E-state index contributed by atoms with van der Waals surface area (Å²) in [7, 11) is 1.68. The predicted molar refractivity (Wildman–Crippen MR) is 147 cm³/mol. The normalized spacial score (nSPS) is 15.0. The number of methoxy groups -OCH3 is 2. The molecule has 1 saturated carbocycles. The number of ether oxygens (including phenoxy) is 3. The predicted octanol–water partition coefficient (Wildman–Crippen LogP) is 6.88. The molecule has 1 unspecified atom stereocenters. The number of hydrogen-bond acceptors (Lipinski definition) is 6. The summed E-state index contributed by atoms with van der Waals surface area (Å²) in [5.74, 6) is 0.271. The van der Waals surface area contributed by atoms with Crippen molar-refractivity contribution in [3.63, 3.8) is 0 Å². The second kappa shape index (κ2) is 11.3. The third kappa shape index (κ3) is 5.90. The molecule has 2 aromatic heterocycles. The first-order valence-electron chi connectivity index (χ1n) is 12.4. The van der Waals surface area contributed by atoms with Crippen LogP contribution in [0.25, 0.3) is 11.0 Å². The molecule has 7 nitrogen and oxygen atoms in total. The highest BCUT2D eigenvalue weighted by Crippen LogP contribution is 2.41. The molecular weight excluding hydrogens is 499 g/mol. The van der Waals surface area contributed by atoms with E-state index in [1.165, 1.54) is 26.7 Å². The van der Waals surface area contributed by atoms with Gasteiger partial charge >= 0.3 is 0 Å². The number of aromatic nitrogens is 2. The summed E-state index contributed by atoms with van der Waals surface area (Å²) in [6.07, 6.45) is 7.07. The molecule has 0 spiro atoms. The first kappa shape index (κ1) is 26.6. The van der Waals surface area contributed by atoms with Gasteiger partial charge in [-0.1, -0.05) is 37.7 Å². The summed E-state index contributed by atoms with van der Waals surface area (Å²) < 4.78 is 32.0. The maximum absolute atomic E-state index is 15.1. The number of rotatable bonds is 12. The van der Waals surface area contributed by atoms with Crippen molar-refractivity contribution >= 4 is 42.1 Å². The van der Waals surface area contributed by atoms with Gasteiger partial charge in [0, 0.05) is 56.6 Å². The van der Waals surface area contributed by atoms with Gasteiger partial charge in [0.15, 0.2) is 11.6 Å². The van der Waals surface area contributed by atoms with Crippen molar-refractivity contribution in [3.8, 4) is 11.5 Å².